The molecule has 0 saturated heterocycles. The van der Waals surface area contributed by atoms with Crippen LogP contribution in [0, 0.1) is 6.92 Å². The summed E-state index contributed by atoms with van der Waals surface area (Å²) in [5, 5.41) is 27.7. The molecule has 0 fully saturated rings. The number of nitrogens with zero attached hydrogens (tertiary/aromatic N) is 1. The molecule has 6 heteroatoms. The lowest BCUT2D eigenvalue weighted by molar-refractivity contribution is -0.144. The summed E-state index contributed by atoms with van der Waals surface area (Å²) < 4.78 is 0. The first-order valence-electron chi connectivity index (χ1n) is 5.77. The number of benzene rings is 1. The second-order valence-electron chi connectivity index (χ2n) is 4.43. The Balaban J connectivity index is 3.03. The highest BCUT2D eigenvalue weighted by atomic mass is 16.4. The fourth-order valence-electron chi connectivity index (χ4n) is 1.85. The first-order valence-corrected chi connectivity index (χ1v) is 5.77. The molecule has 0 spiro atoms. The average molecular weight is 267 g/mol. The zero-order valence-corrected chi connectivity index (χ0v) is 10.8. The number of carbonyl (C=O) groups is 2. The Morgan fingerprint density at radius 3 is 2.47 bits per heavy atom. The molecule has 0 heterocycles. The minimum atomic E-state index is -1.13. The molecule has 19 heavy (non-hydrogen) atoms. The number of aryl methyl sites for hydroxylation is 1. The van der Waals surface area contributed by atoms with Gasteiger partial charge in [0, 0.05) is 12.1 Å². The van der Waals surface area contributed by atoms with E-state index in [0.29, 0.717) is 0 Å². The van der Waals surface area contributed by atoms with E-state index in [2.05, 4.69) is 0 Å². The molecule has 1 atom stereocenters. The van der Waals surface area contributed by atoms with Crippen LogP contribution in [-0.2, 0) is 9.59 Å². The third kappa shape index (κ3) is 3.96. The summed E-state index contributed by atoms with van der Waals surface area (Å²) in [5.41, 5.74) is 1.09. The molecular formula is C13H17NO5. The molecule has 1 aromatic carbocycles. The normalized spacial score (nSPS) is 12.4. The quantitative estimate of drug-likeness (QED) is 0.717. The SMILES string of the molecule is Cc1ccc(O)c(C(C(=O)O)N(C)CCC(=O)O)c1. The molecule has 0 radical (unpaired) electrons. The number of aromatic hydroxyl groups is 1. The van der Waals surface area contributed by atoms with E-state index in [0.717, 1.165) is 5.56 Å². The van der Waals surface area contributed by atoms with Crippen molar-refractivity contribution in [3.63, 3.8) is 0 Å². The zero-order valence-electron chi connectivity index (χ0n) is 10.8. The molecule has 0 aliphatic carbocycles. The highest BCUT2D eigenvalue weighted by Crippen LogP contribution is 2.29. The van der Waals surface area contributed by atoms with Gasteiger partial charge in [0.15, 0.2) is 0 Å². The van der Waals surface area contributed by atoms with Gasteiger partial charge in [-0.15, -0.1) is 0 Å². The maximum absolute atomic E-state index is 11.3. The minimum Gasteiger partial charge on any atom is -0.508 e. The van der Waals surface area contributed by atoms with Crippen LogP contribution in [0.1, 0.15) is 23.6 Å². The number of likely N-dealkylation sites (N-methyl/N-ethyl adjacent to an activating group) is 1. The predicted molar refractivity (Wildman–Crippen MR) is 68.1 cm³/mol. The Morgan fingerprint density at radius 2 is 1.95 bits per heavy atom. The molecule has 0 aliphatic heterocycles. The number of rotatable bonds is 6. The van der Waals surface area contributed by atoms with Crippen molar-refractivity contribution in [2.45, 2.75) is 19.4 Å². The predicted octanol–water partition coefficient (Wildman–Crippen LogP) is 1.23. The van der Waals surface area contributed by atoms with Crippen LogP contribution >= 0.6 is 0 Å². The first-order chi connectivity index (χ1) is 8.82. The average Bonchev–Trinajstić information content (AvgIpc) is 2.31. The molecule has 6 nitrogen and oxygen atoms in total. The first kappa shape index (κ1) is 15.0. The molecule has 1 unspecified atom stereocenters. The molecule has 0 saturated carbocycles. The van der Waals surface area contributed by atoms with Gasteiger partial charge in [0.25, 0.3) is 0 Å². The Bertz CT molecular complexity index is 486. The van der Waals surface area contributed by atoms with E-state index in [1.54, 1.807) is 19.1 Å². The molecule has 0 amide bonds. The lowest BCUT2D eigenvalue weighted by atomic mass is 10.0. The van der Waals surface area contributed by atoms with Crippen molar-refractivity contribution < 1.29 is 24.9 Å². The third-order valence-corrected chi connectivity index (χ3v) is 2.83. The largest absolute Gasteiger partial charge is 0.508 e. The molecule has 1 aromatic rings. The molecule has 0 aromatic heterocycles. The van der Waals surface area contributed by atoms with Gasteiger partial charge in [-0.3, -0.25) is 14.5 Å². The van der Waals surface area contributed by atoms with Gasteiger partial charge in [-0.2, -0.15) is 0 Å². The lowest BCUT2D eigenvalue weighted by Crippen LogP contribution is -2.32. The van der Waals surface area contributed by atoms with Gasteiger partial charge in [-0.1, -0.05) is 17.7 Å². The van der Waals surface area contributed by atoms with Crippen molar-refractivity contribution in [3.05, 3.63) is 29.3 Å². The number of hydrogen-bond acceptors (Lipinski definition) is 4. The van der Waals surface area contributed by atoms with Gasteiger partial charge >= 0.3 is 11.9 Å². The van der Waals surface area contributed by atoms with Crippen LogP contribution in [0.15, 0.2) is 18.2 Å². The summed E-state index contributed by atoms with van der Waals surface area (Å²) in [4.78, 5) is 23.3. The smallest absolute Gasteiger partial charge is 0.325 e. The van der Waals surface area contributed by atoms with Gasteiger partial charge in [0.2, 0.25) is 0 Å². The van der Waals surface area contributed by atoms with E-state index < -0.39 is 18.0 Å². The number of carboxylic acid groups (broad SMARTS) is 2. The van der Waals surface area contributed by atoms with Crippen molar-refractivity contribution in [3.8, 4) is 5.75 Å². The number of phenols is 1. The highest BCUT2D eigenvalue weighted by Gasteiger charge is 2.27. The topological polar surface area (TPSA) is 98.1 Å². The van der Waals surface area contributed by atoms with Crippen LogP contribution in [0.25, 0.3) is 0 Å². The van der Waals surface area contributed by atoms with Crippen molar-refractivity contribution in [2.75, 3.05) is 13.6 Å². The van der Waals surface area contributed by atoms with Gasteiger partial charge in [0.1, 0.15) is 11.8 Å². The molecule has 1 rings (SSSR count). The zero-order chi connectivity index (χ0) is 14.6. The summed E-state index contributed by atoms with van der Waals surface area (Å²) in [6.07, 6.45) is -0.160. The number of hydrogen-bond donors (Lipinski definition) is 3. The van der Waals surface area contributed by atoms with E-state index in [1.807, 2.05) is 0 Å². The van der Waals surface area contributed by atoms with Gasteiger partial charge < -0.3 is 15.3 Å². The summed E-state index contributed by atoms with van der Waals surface area (Å²) in [6, 6.07) is 3.63. The standard InChI is InChI=1S/C13H17NO5/c1-8-3-4-10(15)9(7-8)12(13(18)19)14(2)6-5-11(16)17/h3-4,7,12,15H,5-6H2,1-2H3,(H,16,17)(H,18,19). The Hall–Kier alpha value is -2.08. The Labute approximate surface area is 110 Å². The van der Waals surface area contributed by atoms with E-state index in [4.69, 9.17) is 5.11 Å². The van der Waals surface area contributed by atoms with Gasteiger partial charge in [-0.25, -0.2) is 0 Å². The Kier molecular flexibility index (Phi) is 4.88. The number of aliphatic carboxylic acids is 2. The van der Waals surface area contributed by atoms with Crippen LogP contribution in [0.4, 0.5) is 0 Å². The van der Waals surface area contributed by atoms with E-state index in [-0.39, 0.29) is 24.3 Å². The monoisotopic (exact) mass is 267 g/mol. The van der Waals surface area contributed by atoms with Crippen molar-refractivity contribution >= 4 is 11.9 Å². The van der Waals surface area contributed by atoms with Crippen LogP contribution in [0.2, 0.25) is 0 Å². The summed E-state index contributed by atoms with van der Waals surface area (Å²) in [5.74, 6) is -2.24. The third-order valence-electron chi connectivity index (χ3n) is 2.83. The van der Waals surface area contributed by atoms with Crippen LogP contribution in [0.5, 0.6) is 5.75 Å². The minimum absolute atomic E-state index is 0.0830. The van der Waals surface area contributed by atoms with Crippen molar-refractivity contribution in [1.82, 2.24) is 4.90 Å². The lowest BCUT2D eigenvalue weighted by Gasteiger charge is -2.25. The van der Waals surface area contributed by atoms with Gasteiger partial charge in [0.05, 0.1) is 6.42 Å². The van der Waals surface area contributed by atoms with E-state index in [1.165, 1.54) is 18.0 Å². The highest BCUT2D eigenvalue weighted by molar-refractivity contribution is 5.77. The second kappa shape index (κ2) is 6.19. The molecule has 104 valence electrons. The summed E-state index contributed by atoms with van der Waals surface area (Å²) in [7, 11) is 1.52. The second-order valence-corrected chi connectivity index (χ2v) is 4.43. The van der Waals surface area contributed by atoms with Crippen molar-refractivity contribution in [2.24, 2.45) is 0 Å². The maximum atomic E-state index is 11.3. The van der Waals surface area contributed by atoms with Crippen LogP contribution in [-0.4, -0.2) is 45.8 Å². The fraction of sp³-hybridized carbons (Fsp3) is 0.385. The molecule has 0 bridgehead atoms. The molecule has 3 N–H and O–H groups in total. The van der Waals surface area contributed by atoms with E-state index >= 15 is 0 Å². The number of phenolic OH excluding ortho intramolecular Hbond substituents is 1. The van der Waals surface area contributed by atoms with Crippen LogP contribution in [0.3, 0.4) is 0 Å². The Morgan fingerprint density at radius 1 is 1.32 bits per heavy atom. The number of carboxylic acids is 2. The summed E-state index contributed by atoms with van der Waals surface area (Å²) in [6.45, 7) is 1.87. The van der Waals surface area contributed by atoms with Crippen LogP contribution < -0.4 is 0 Å². The van der Waals surface area contributed by atoms with Crippen molar-refractivity contribution in [1.29, 1.82) is 0 Å². The molecule has 0 aliphatic rings. The molecular weight excluding hydrogens is 250 g/mol. The fourth-order valence-corrected chi connectivity index (χ4v) is 1.85. The van der Waals surface area contributed by atoms with Gasteiger partial charge in [-0.05, 0) is 20.0 Å². The maximum Gasteiger partial charge on any atom is 0.325 e. The van der Waals surface area contributed by atoms with E-state index in [9.17, 15) is 19.8 Å². The summed E-state index contributed by atoms with van der Waals surface area (Å²) >= 11 is 0.